The fourth-order valence-electron chi connectivity index (χ4n) is 6.29. The molecule has 0 spiro atoms. The minimum absolute atomic E-state index is 0.0780. The highest BCUT2D eigenvalue weighted by Crippen LogP contribution is 2.35. The highest BCUT2D eigenvalue weighted by molar-refractivity contribution is 6.30. The lowest BCUT2D eigenvalue weighted by atomic mass is 9.85. The van der Waals surface area contributed by atoms with Gasteiger partial charge in [-0.05, 0) is 61.8 Å². The predicted molar refractivity (Wildman–Crippen MR) is 132 cm³/mol. The largest absolute Gasteiger partial charge is 0.500 e. The van der Waals surface area contributed by atoms with Crippen LogP contribution in [0.25, 0.3) is 0 Å². The van der Waals surface area contributed by atoms with Gasteiger partial charge in [-0.15, -0.1) is 0 Å². The molecule has 1 unspecified atom stereocenters. The molecule has 2 saturated heterocycles. The zero-order valence-electron chi connectivity index (χ0n) is 20.0. The van der Waals surface area contributed by atoms with Crippen LogP contribution < -0.4 is 5.32 Å². The Bertz CT molecular complexity index is 912. The summed E-state index contributed by atoms with van der Waals surface area (Å²) < 4.78 is 5.38. The third-order valence-electron chi connectivity index (χ3n) is 8.33. The maximum absolute atomic E-state index is 13.6. The van der Waals surface area contributed by atoms with Crippen molar-refractivity contribution in [3.63, 3.8) is 0 Å². The molecule has 184 valence electrons. The van der Waals surface area contributed by atoms with Crippen molar-refractivity contribution < 1.29 is 14.3 Å². The molecule has 4 aliphatic rings. The molecule has 3 aliphatic heterocycles. The molecule has 1 aliphatic carbocycles. The smallest absolute Gasteiger partial charge is 0.233 e. The van der Waals surface area contributed by atoms with Crippen LogP contribution in [-0.4, -0.2) is 66.5 Å². The number of benzene rings is 1. The molecule has 3 fully saturated rings. The number of rotatable bonds is 5. The van der Waals surface area contributed by atoms with Crippen LogP contribution in [0.1, 0.15) is 50.5 Å². The Morgan fingerprint density at radius 1 is 1.06 bits per heavy atom. The van der Waals surface area contributed by atoms with Crippen LogP contribution in [0.5, 0.6) is 0 Å². The maximum Gasteiger partial charge on any atom is 0.233 e. The van der Waals surface area contributed by atoms with Gasteiger partial charge in [-0.25, -0.2) is 0 Å². The van der Waals surface area contributed by atoms with Crippen LogP contribution >= 0.6 is 11.6 Å². The number of halogens is 1. The first-order valence-corrected chi connectivity index (χ1v) is 13.2. The second kappa shape index (κ2) is 10.3. The lowest BCUT2D eigenvalue weighted by molar-refractivity contribution is -0.142. The molecular weight excluding hydrogens is 450 g/mol. The predicted octanol–water partition coefficient (Wildman–Crippen LogP) is 3.81. The maximum atomic E-state index is 13.6. The van der Waals surface area contributed by atoms with E-state index in [0.29, 0.717) is 24.7 Å². The zero-order chi connectivity index (χ0) is 23.7. The van der Waals surface area contributed by atoms with Crippen molar-refractivity contribution in [1.82, 2.24) is 15.1 Å². The van der Waals surface area contributed by atoms with E-state index >= 15 is 0 Å². The van der Waals surface area contributed by atoms with E-state index in [1.165, 1.54) is 0 Å². The molecule has 0 radical (unpaired) electrons. The number of carbonyl (C=O) groups excluding carboxylic acids is 2. The van der Waals surface area contributed by atoms with Crippen molar-refractivity contribution in [3.05, 3.63) is 47.2 Å². The fourth-order valence-corrected chi connectivity index (χ4v) is 6.42. The minimum Gasteiger partial charge on any atom is -0.500 e. The van der Waals surface area contributed by atoms with Gasteiger partial charge < -0.3 is 19.9 Å². The van der Waals surface area contributed by atoms with E-state index in [9.17, 15) is 9.59 Å². The Labute approximate surface area is 207 Å². The molecular formula is C27H36ClN3O3. The number of hydrogen-bond donors (Lipinski definition) is 1. The second-order valence-electron chi connectivity index (χ2n) is 10.6. The van der Waals surface area contributed by atoms with Gasteiger partial charge in [0, 0.05) is 43.2 Å². The Balaban J connectivity index is 1.29. The van der Waals surface area contributed by atoms with Crippen LogP contribution in [0, 0.1) is 17.8 Å². The topological polar surface area (TPSA) is 61.9 Å². The lowest BCUT2D eigenvalue weighted by Crippen LogP contribution is -2.52. The van der Waals surface area contributed by atoms with E-state index in [1.807, 2.05) is 35.2 Å². The quantitative estimate of drug-likeness (QED) is 0.689. The molecule has 3 heterocycles. The summed E-state index contributed by atoms with van der Waals surface area (Å²) >= 11 is 6.08. The SMILES string of the molecule is CC1CCC(N(C(=O)C2C=COC2)[C@H]2CCN(C(=O)[C@@H]3CNC[C@H]3c3ccc(Cl)cc3)C2)CC1. The first-order valence-electron chi connectivity index (χ1n) is 12.9. The third kappa shape index (κ3) is 4.85. The van der Waals surface area contributed by atoms with Gasteiger partial charge in [-0.2, -0.15) is 0 Å². The molecule has 0 bridgehead atoms. The summed E-state index contributed by atoms with van der Waals surface area (Å²) in [6, 6.07) is 8.24. The van der Waals surface area contributed by atoms with Gasteiger partial charge in [0.25, 0.3) is 0 Å². The summed E-state index contributed by atoms with van der Waals surface area (Å²) in [6.45, 7) is 5.59. The van der Waals surface area contributed by atoms with Crippen LogP contribution in [0.4, 0.5) is 0 Å². The van der Waals surface area contributed by atoms with Crippen LogP contribution in [0.15, 0.2) is 36.6 Å². The Morgan fingerprint density at radius 2 is 1.82 bits per heavy atom. The summed E-state index contributed by atoms with van der Waals surface area (Å²) in [4.78, 5) is 31.4. The van der Waals surface area contributed by atoms with Gasteiger partial charge in [0.15, 0.2) is 0 Å². The van der Waals surface area contributed by atoms with E-state index in [-0.39, 0.29) is 41.7 Å². The van der Waals surface area contributed by atoms with Gasteiger partial charge in [-0.3, -0.25) is 9.59 Å². The number of nitrogens with zero attached hydrogens (tertiary/aromatic N) is 2. The molecule has 6 nitrogen and oxygen atoms in total. The summed E-state index contributed by atoms with van der Waals surface area (Å²) in [7, 11) is 0. The number of likely N-dealkylation sites (tertiary alicyclic amines) is 1. The molecule has 4 atom stereocenters. The van der Waals surface area contributed by atoms with Gasteiger partial charge in [0.1, 0.15) is 6.61 Å². The highest BCUT2D eigenvalue weighted by atomic mass is 35.5. The highest BCUT2D eigenvalue weighted by Gasteiger charge is 2.43. The van der Waals surface area contributed by atoms with Crippen molar-refractivity contribution in [1.29, 1.82) is 0 Å². The second-order valence-corrected chi connectivity index (χ2v) is 11.0. The third-order valence-corrected chi connectivity index (χ3v) is 8.58. The lowest BCUT2D eigenvalue weighted by Gasteiger charge is -2.41. The van der Waals surface area contributed by atoms with Crippen molar-refractivity contribution in [2.24, 2.45) is 17.8 Å². The van der Waals surface area contributed by atoms with Crippen LogP contribution in [-0.2, 0) is 14.3 Å². The van der Waals surface area contributed by atoms with Crippen LogP contribution in [0.3, 0.4) is 0 Å². The van der Waals surface area contributed by atoms with Crippen LogP contribution in [0.2, 0.25) is 5.02 Å². The number of carbonyl (C=O) groups is 2. The van der Waals surface area contributed by atoms with Crippen molar-refractivity contribution in [2.45, 2.75) is 57.0 Å². The molecule has 5 rings (SSSR count). The summed E-state index contributed by atoms with van der Waals surface area (Å²) in [6.07, 6.45) is 8.83. The van der Waals surface area contributed by atoms with Gasteiger partial charge in [0.05, 0.1) is 24.1 Å². The van der Waals surface area contributed by atoms with E-state index in [2.05, 4.69) is 17.1 Å². The summed E-state index contributed by atoms with van der Waals surface area (Å²) in [5, 5.41) is 4.13. The summed E-state index contributed by atoms with van der Waals surface area (Å²) in [5.41, 5.74) is 1.16. The first kappa shape index (κ1) is 23.7. The standard InChI is InChI=1S/C27H36ClN3O3/c1-18-2-8-22(9-3-18)31(26(32)20-11-13-34-17-20)23-10-12-30(16-23)27(33)25-15-29-14-24(25)19-4-6-21(28)7-5-19/h4-7,11,13,18,20,22-25,29H,2-3,8-10,12,14-17H2,1H3/t18?,20?,22?,23-,24-,25+/m0/s1. The fraction of sp³-hybridized carbons (Fsp3) is 0.630. The van der Waals surface area contributed by atoms with Crippen molar-refractivity contribution >= 4 is 23.4 Å². The van der Waals surface area contributed by atoms with Gasteiger partial charge in [-0.1, -0.05) is 30.7 Å². The first-order chi connectivity index (χ1) is 16.5. The van der Waals surface area contributed by atoms with Crippen molar-refractivity contribution in [3.8, 4) is 0 Å². The normalized spacial score (nSPS) is 33.2. The molecule has 1 aromatic rings. The average molecular weight is 486 g/mol. The molecule has 1 aromatic carbocycles. The van der Waals surface area contributed by atoms with E-state index < -0.39 is 0 Å². The van der Waals surface area contributed by atoms with Gasteiger partial charge >= 0.3 is 0 Å². The van der Waals surface area contributed by atoms with Gasteiger partial charge in [0.2, 0.25) is 11.8 Å². The number of amides is 2. The van der Waals surface area contributed by atoms with E-state index in [4.69, 9.17) is 16.3 Å². The number of nitrogens with one attached hydrogen (secondary N) is 1. The monoisotopic (exact) mass is 485 g/mol. The number of hydrogen-bond acceptors (Lipinski definition) is 4. The zero-order valence-corrected chi connectivity index (χ0v) is 20.8. The Hall–Kier alpha value is -2.05. The molecule has 7 heteroatoms. The minimum atomic E-state index is -0.197. The molecule has 1 saturated carbocycles. The van der Waals surface area contributed by atoms with E-state index in [1.54, 1.807) is 6.26 Å². The molecule has 34 heavy (non-hydrogen) atoms. The average Bonchev–Trinajstić information content (AvgIpc) is 3.62. The molecule has 2 amide bonds. The Morgan fingerprint density at radius 3 is 2.53 bits per heavy atom. The number of ether oxygens (including phenoxy) is 1. The van der Waals surface area contributed by atoms with E-state index in [0.717, 1.165) is 56.7 Å². The molecule has 0 aromatic heterocycles. The molecule has 1 N–H and O–H groups in total. The summed E-state index contributed by atoms with van der Waals surface area (Å²) in [5.74, 6) is 0.991. The van der Waals surface area contributed by atoms with Crippen molar-refractivity contribution in [2.75, 3.05) is 32.8 Å². The Kier molecular flexibility index (Phi) is 7.16.